The van der Waals surface area contributed by atoms with Crippen molar-refractivity contribution in [2.24, 2.45) is 0 Å². The second-order valence-electron chi connectivity index (χ2n) is 3.56. The molecule has 0 bridgehead atoms. The van der Waals surface area contributed by atoms with Crippen LogP contribution in [0.2, 0.25) is 0 Å². The molecule has 0 aromatic carbocycles. The Kier molecular flexibility index (Phi) is 5.46. The van der Waals surface area contributed by atoms with Crippen LogP contribution in [0, 0.1) is 5.82 Å². The van der Waals surface area contributed by atoms with Crippen molar-refractivity contribution in [3.05, 3.63) is 17.8 Å². The van der Waals surface area contributed by atoms with Gasteiger partial charge in [0, 0.05) is 11.9 Å². The fourth-order valence-corrected chi connectivity index (χ4v) is 1.44. The quantitative estimate of drug-likeness (QED) is 0.783. The molecule has 0 aliphatic carbocycles. The first-order chi connectivity index (χ1) is 7.69. The second kappa shape index (κ2) is 6.63. The van der Waals surface area contributed by atoms with E-state index in [1.165, 1.54) is 6.33 Å². The van der Waals surface area contributed by atoms with Gasteiger partial charge in [0.15, 0.2) is 11.6 Å². The highest BCUT2D eigenvalue weighted by molar-refractivity contribution is 6.20. The lowest BCUT2D eigenvalue weighted by atomic mass is 10.2. The van der Waals surface area contributed by atoms with Gasteiger partial charge in [-0.05, 0) is 19.3 Å². The predicted octanol–water partition coefficient (Wildman–Crippen LogP) is 3.00. The molecule has 1 unspecified atom stereocenters. The number of aryl methyl sites for hydroxylation is 1. The van der Waals surface area contributed by atoms with Crippen LogP contribution in [-0.2, 0) is 6.42 Å². The van der Waals surface area contributed by atoms with Crippen LogP contribution < -0.4 is 5.32 Å². The summed E-state index contributed by atoms with van der Waals surface area (Å²) in [4.78, 5) is 7.73. The lowest BCUT2D eigenvalue weighted by molar-refractivity contribution is 0.595. The molecule has 90 valence electrons. The van der Waals surface area contributed by atoms with E-state index in [-0.39, 0.29) is 17.0 Å². The molecule has 1 aromatic rings. The Morgan fingerprint density at radius 1 is 1.44 bits per heavy atom. The summed E-state index contributed by atoms with van der Waals surface area (Å²) in [6, 6.07) is 0. The number of hydrogen-bond acceptors (Lipinski definition) is 3. The number of hydrogen-bond donors (Lipinski definition) is 1. The molecule has 0 fully saturated rings. The summed E-state index contributed by atoms with van der Waals surface area (Å²) in [6.07, 6.45) is 3.65. The van der Waals surface area contributed by atoms with E-state index in [9.17, 15) is 4.39 Å². The molecule has 0 radical (unpaired) electrons. The molecule has 1 aromatic heterocycles. The van der Waals surface area contributed by atoms with Crippen molar-refractivity contribution in [1.82, 2.24) is 9.97 Å². The van der Waals surface area contributed by atoms with Crippen LogP contribution in [0.4, 0.5) is 10.2 Å². The summed E-state index contributed by atoms with van der Waals surface area (Å²) >= 11 is 5.96. The average Bonchev–Trinajstić information content (AvgIpc) is 2.31. The summed E-state index contributed by atoms with van der Waals surface area (Å²) in [7, 11) is 0. The summed E-state index contributed by atoms with van der Waals surface area (Å²) in [5, 5.41) is 3.07. The van der Waals surface area contributed by atoms with Gasteiger partial charge < -0.3 is 5.32 Å². The minimum Gasteiger partial charge on any atom is -0.367 e. The number of nitrogens with zero attached hydrogens (tertiary/aromatic N) is 2. The minimum absolute atomic E-state index is 0.128. The van der Waals surface area contributed by atoms with Crippen LogP contribution in [0.25, 0.3) is 0 Å². The normalized spacial score (nSPS) is 12.5. The maximum atomic E-state index is 13.7. The van der Waals surface area contributed by atoms with Crippen LogP contribution in [-0.4, -0.2) is 21.9 Å². The Bertz CT molecular complexity index is 333. The zero-order valence-corrected chi connectivity index (χ0v) is 10.4. The summed E-state index contributed by atoms with van der Waals surface area (Å²) in [5.74, 6) is -0.0839. The molecular weight excluding hydrogens is 229 g/mol. The standard InChI is InChI=1S/C11H17ClFN3/c1-3-8(12)5-6-14-11-10(13)9(4-2)15-7-16-11/h7-8H,3-6H2,1-2H3,(H,14,15,16). The predicted molar refractivity (Wildman–Crippen MR) is 64.4 cm³/mol. The van der Waals surface area contributed by atoms with Gasteiger partial charge in [-0.1, -0.05) is 13.8 Å². The number of alkyl halides is 1. The fraction of sp³-hybridized carbons (Fsp3) is 0.636. The van der Waals surface area contributed by atoms with Gasteiger partial charge in [0.2, 0.25) is 0 Å². The Morgan fingerprint density at radius 3 is 2.81 bits per heavy atom. The maximum absolute atomic E-state index is 13.7. The van der Waals surface area contributed by atoms with Gasteiger partial charge in [0.1, 0.15) is 6.33 Å². The second-order valence-corrected chi connectivity index (χ2v) is 4.17. The minimum atomic E-state index is -0.354. The first kappa shape index (κ1) is 13.2. The topological polar surface area (TPSA) is 37.8 Å². The van der Waals surface area contributed by atoms with E-state index < -0.39 is 0 Å². The van der Waals surface area contributed by atoms with Crippen LogP contribution in [0.1, 0.15) is 32.4 Å². The van der Waals surface area contributed by atoms with Crippen molar-refractivity contribution in [2.75, 3.05) is 11.9 Å². The van der Waals surface area contributed by atoms with Crippen molar-refractivity contribution in [1.29, 1.82) is 0 Å². The molecule has 0 spiro atoms. The van der Waals surface area contributed by atoms with Gasteiger partial charge in [-0.15, -0.1) is 11.6 Å². The monoisotopic (exact) mass is 245 g/mol. The largest absolute Gasteiger partial charge is 0.367 e. The molecule has 0 saturated carbocycles. The Morgan fingerprint density at radius 2 is 2.19 bits per heavy atom. The molecule has 1 heterocycles. The third kappa shape index (κ3) is 3.59. The summed E-state index contributed by atoms with van der Waals surface area (Å²) < 4.78 is 13.7. The zero-order chi connectivity index (χ0) is 12.0. The van der Waals surface area contributed by atoms with E-state index in [1.54, 1.807) is 0 Å². The van der Waals surface area contributed by atoms with Gasteiger partial charge in [-0.2, -0.15) is 0 Å². The SMILES string of the molecule is CCc1ncnc(NCCC(Cl)CC)c1F. The lowest BCUT2D eigenvalue weighted by Crippen LogP contribution is -2.11. The van der Waals surface area contributed by atoms with Crippen LogP contribution >= 0.6 is 11.6 Å². The molecule has 1 atom stereocenters. The molecule has 0 amide bonds. The fourth-order valence-electron chi connectivity index (χ4n) is 1.33. The van der Waals surface area contributed by atoms with Crippen molar-refractivity contribution in [3.8, 4) is 0 Å². The zero-order valence-electron chi connectivity index (χ0n) is 9.63. The van der Waals surface area contributed by atoms with Crippen molar-refractivity contribution < 1.29 is 4.39 Å². The molecule has 1 rings (SSSR count). The first-order valence-electron chi connectivity index (χ1n) is 5.56. The Balaban J connectivity index is 2.54. The third-order valence-corrected chi connectivity index (χ3v) is 2.92. The number of nitrogens with one attached hydrogen (secondary N) is 1. The maximum Gasteiger partial charge on any atom is 0.186 e. The van der Waals surface area contributed by atoms with Crippen molar-refractivity contribution in [3.63, 3.8) is 0 Å². The van der Waals surface area contributed by atoms with Gasteiger partial charge in [-0.3, -0.25) is 0 Å². The molecule has 0 aliphatic heterocycles. The van der Waals surface area contributed by atoms with E-state index in [0.717, 1.165) is 12.8 Å². The van der Waals surface area contributed by atoms with Gasteiger partial charge in [-0.25, -0.2) is 14.4 Å². The molecule has 5 heteroatoms. The van der Waals surface area contributed by atoms with Gasteiger partial charge in [0.25, 0.3) is 0 Å². The van der Waals surface area contributed by atoms with E-state index in [1.807, 2.05) is 13.8 Å². The van der Waals surface area contributed by atoms with Crippen molar-refractivity contribution in [2.45, 2.75) is 38.5 Å². The smallest absolute Gasteiger partial charge is 0.186 e. The van der Waals surface area contributed by atoms with Crippen LogP contribution in [0.15, 0.2) is 6.33 Å². The lowest BCUT2D eigenvalue weighted by Gasteiger charge is -2.09. The molecule has 16 heavy (non-hydrogen) atoms. The average molecular weight is 246 g/mol. The number of halogens is 2. The van der Waals surface area contributed by atoms with Crippen molar-refractivity contribution >= 4 is 17.4 Å². The highest BCUT2D eigenvalue weighted by atomic mass is 35.5. The molecule has 1 N–H and O–H groups in total. The first-order valence-corrected chi connectivity index (χ1v) is 6.00. The van der Waals surface area contributed by atoms with E-state index in [4.69, 9.17) is 11.6 Å². The van der Waals surface area contributed by atoms with E-state index in [0.29, 0.717) is 18.7 Å². The Labute approximate surface area is 100 Å². The highest BCUT2D eigenvalue weighted by Crippen LogP contribution is 2.14. The van der Waals surface area contributed by atoms with E-state index in [2.05, 4.69) is 15.3 Å². The van der Waals surface area contributed by atoms with Crippen LogP contribution in [0.3, 0.4) is 0 Å². The van der Waals surface area contributed by atoms with Gasteiger partial charge in [0.05, 0.1) is 5.69 Å². The van der Waals surface area contributed by atoms with E-state index >= 15 is 0 Å². The van der Waals surface area contributed by atoms with Gasteiger partial charge >= 0.3 is 0 Å². The summed E-state index contributed by atoms with van der Waals surface area (Å²) in [6.45, 7) is 4.51. The highest BCUT2D eigenvalue weighted by Gasteiger charge is 2.09. The number of anilines is 1. The third-order valence-electron chi connectivity index (χ3n) is 2.39. The molecular formula is C11H17ClFN3. The molecule has 3 nitrogen and oxygen atoms in total. The molecule has 0 aliphatic rings. The Hall–Kier alpha value is -0.900. The number of rotatable bonds is 6. The van der Waals surface area contributed by atoms with Crippen LogP contribution in [0.5, 0.6) is 0 Å². The number of aromatic nitrogens is 2. The summed E-state index contributed by atoms with van der Waals surface area (Å²) in [5.41, 5.74) is 0.440. The molecule has 0 saturated heterocycles.